The van der Waals surface area contributed by atoms with Crippen LogP contribution in [0.5, 0.6) is 0 Å². The molecule has 1 fully saturated rings. The Morgan fingerprint density at radius 2 is 2.53 bits per heavy atom. The first-order valence-electron chi connectivity index (χ1n) is 6.19. The van der Waals surface area contributed by atoms with Crippen LogP contribution in [0.4, 0.5) is 0 Å². The van der Waals surface area contributed by atoms with Crippen molar-refractivity contribution in [2.24, 2.45) is 0 Å². The van der Waals surface area contributed by atoms with Crippen LogP contribution < -0.4 is 5.32 Å². The normalized spacial score (nSPS) is 22.2. The van der Waals surface area contributed by atoms with E-state index in [2.05, 4.69) is 29.0 Å². The van der Waals surface area contributed by atoms with Crippen LogP contribution in [-0.4, -0.2) is 48.3 Å². The topological polar surface area (TPSA) is 37.4 Å². The van der Waals surface area contributed by atoms with Gasteiger partial charge in [-0.05, 0) is 0 Å². The summed E-state index contributed by atoms with van der Waals surface area (Å²) in [5.74, 6) is 0. The smallest absolute Gasteiger partial charge is 0.107 e. The average molecular weight is 255 g/mol. The van der Waals surface area contributed by atoms with E-state index < -0.39 is 0 Å². The molecule has 1 aliphatic rings. The number of rotatable bonds is 5. The minimum atomic E-state index is 0.468. The van der Waals surface area contributed by atoms with Gasteiger partial charge in [0.2, 0.25) is 0 Å². The fourth-order valence-corrected chi connectivity index (χ4v) is 2.60. The number of hydrogen-bond donors (Lipinski definition) is 1. The molecule has 2 heterocycles. The summed E-state index contributed by atoms with van der Waals surface area (Å²) in [6.45, 7) is 8.96. The number of hydrogen-bond acceptors (Lipinski definition) is 5. The number of nitrogens with zero attached hydrogens (tertiary/aromatic N) is 2. The van der Waals surface area contributed by atoms with Crippen molar-refractivity contribution in [1.29, 1.82) is 0 Å². The fourth-order valence-electron chi connectivity index (χ4n) is 1.96. The summed E-state index contributed by atoms with van der Waals surface area (Å²) in [5, 5.41) is 6.72. The molecule has 4 nitrogen and oxygen atoms in total. The zero-order valence-corrected chi connectivity index (χ0v) is 11.4. The van der Waals surface area contributed by atoms with Crippen LogP contribution in [0.15, 0.2) is 11.6 Å². The van der Waals surface area contributed by atoms with Gasteiger partial charge in [0.15, 0.2) is 0 Å². The lowest BCUT2D eigenvalue weighted by atomic mass is 10.2. The first-order chi connectivity index (χ1) is 8.25. The van der Waals surface area contributed by atoms with Gasteiger partial charge in [0.05, 0.1) is 19.8 Å². The molecule has 1 aromatic heterocycles. The maximum Gasteiger partial charge on any atom is 0.107 e. The van der Waals surface area contributed by atoms with Gasteiger partial charge in [-0.2, -0.15) is 0 Å². The number of ether oxygens (including phenoxy) is 1. The van der Waals surface area contributed by atoms with E-state index in [1.165, 1.54) is 5.01 Å². The second-order valence-electron chi connectivity index (χ2n) is 4.69. The molecule has 0 spiro atoms. The van der Waals surface area contributed by atoms with E-state index >= 15 is 0 Å². The first-order valence-corrected chi connectivity index (χ1v) is 7.07. The second-order valence-corrected chi connectivity index (χ2v) is 5.67. The third-order valence-electron chi connectivity index (χ3n) is 2.93. The molecule has 1 unspecified atom stereocenters. The van der Waals surface area contributed by atoms with Crippen molar-refractivity contribution >= 4 is 11.3 Å². The monoisotopic (exact) mass is 255 g/mol. The van der Waals surface area contributed by atoms with Gasteiger partial charge in [0, 0.05) is 36.8 Å². The van der Waals surface area contributed by atoms with E-state index in [-0.39, 0.29) is 0 Å². The summed E-state index contributed by atoms with van der Waals surface area (Å²) in [6, 6.07) is 0.994. The van der Waals surface area contributed by atoms with Gasteiger partial charge in [-0.3, -0.25) is 4.90 Å². The lowest BCUT2D eigenvalue weighted by molar-refractivity contribution is -0.0115. The van der Waals surface area contributed by atoms with Gasteiger partial charge < -0.3 is 10.1 Å². The van der Waals surface area contributed by atoms with Gasteiger partial charge >= 0.3 is 0 Å². The fraction of sp³-hybridized carbons (Fsp3) is 0.750. The minimum Gasteiger partial charge on any atom is -0.378 e. The summed E-state index contributed by atoms with van der Waals surface area (Å²) in [6.07, 6.45) is 1.88. The van der Waals surface area contributed by atoms with E-state index in [1.54, 1.807) is 11.3 Å². The first kappa shape index (κ1) is 13.0. The molecule has 0 amide bonds. The molecule has 0 radical (unpaired) electrons. The Bertz CT molecular complexity index is 316. The Morgan fingerprint density at radius 3 is 3.24 bits per heavy atom. The van der Waals surface area contributed by atoms with Crippen LogP contribution in [0.1, 0.15) is 18.9 Å². The van der Waals surface area contributed by atoms with Crippen LogP contribution in [0.3, 0.4) is 0 Å². The van der Waals surface area contributed by atoms with Crippen LogP contribution >= 0.6 is 11.3 Å². The van der Waals surface area contributed by atoms with Gasteiger partial charge in [-0.1, -0.05) is 13.8 Å². The molecule has 1 saturated heterocycles. The quantitative estimate of drug-likeness (QED) is 0.861. The third kappa shape index (κ3) is 4.03. The Balaban J connectivity index is 1.87. The lowest BCUT2D eigenvalue weighted by Crippen LogP contribution is -2.50. The molecule has 2 rings (SSSR count). The highest BCUT2D eigenvalue weighted by Gasteiger charge is 2.23. The average Bonchev–Trinajstić information content (AvgIpc) is 2.80. The molecule has 0 bridgehead atoms. The Morgan fingerprint density at radius 1 is 1.65 bits per heavy atom. The molecule has 5 heteroatoms. The number of nitrogens with one attached hydrogen (secondary N) is 1. The maximum absolute atomic E-state index is 5.57. The van der Waals surface area contributed by atoms with E-state index in [4.69, 9.17) is 4.74 Å². The van der Waals surface area contributed by atoms with Crippen LogP contribution in [0.2, 0.25) is 0 Å². The van der Waals surface area contributed by atoms with Crippen LogP contribution in [0, 0.1) is 0 Å². The van der Waals surface area contributed by atoms with Crippen molar-refractivity contribution in [1.82, 2.24) is 15.2 Å². The van der Waals surface area contributed by atoms with E-state index in [1.807, 2.05) is 11.6 Å². The number of aromatic nitrogens is 1. The highest BCUT2D eigenvalue weighted by molar-refractivity contribution is 7.09. The summed E-state index contributed by atoms with van der Waals surface area (Å²) < 4.78 is 5.57. The SMILES string of the molecule is CC(C)NCC1COCCN1Cc1nccs1. The molecule has 1 aromatic rings. The highest BCUT2D eigenvalue weighted by Crippen LogP contribution is 2.13. The molecule has 17 heavy (non-hydrogen) atoms. The third-order valence-corrected chi connectivity index (χ3v) is 3.70. The number of morpholine rings is 1. The molecule has 0 saturated carbocycles. The second kappa shape index (κ2) is 6.44. The Hall–Kier alpha value is -0.490. The van der Waals surface area contributed by atoms with Crippen LogP contribution in [-0.2, 0) is 11.3 Å². The predicted octanol–water partition coefficient (Wildman–Crippen LogP) is 1.34. The summed E-state index contributed by atoms with van der Waals surface area (Å²) in [7, 11) is 0. The number of thiazole rings is 1. The van der Waals surface area contributed by atoms with Crippen LogP contribution in [0.25, 0.3) is 0 Å². The summed E-state index contributed by atoms with van der Waals surface area (Å²) >= 11 is 1.73. The van der Waals surface area contributed by atoms with Crippen molar-refractivity contribution in [3.8, 4) is 0 Å². The zero-order chi connectivity index (χ0) is 12.1. The predicted molar refractivity (Wildman–Crippen MR) is 70.3 cm³/mol. The standard InChI is InChI=1S/C12H21N3OS/c1-10(2)14-7-11-9-16-5-4-15(11)8-12-13-3-6-17-12/h3,6,10-11,14H,4-5,7-9H2,1-2H3. The Labute approximate surface area is 107 Å². The van der Waals surface area contributed by atoms with E-state index in [0.717, 1.165) is 32.8 Å². The summed E-state index contributed by atoms with van der Waals surface area (Å²) in [5.41, 5.74) is 0. The Kier molecular flexibility index (Phi) is 4.91. The molecule has 96 valence electrons. The van der Waals surface area contributed by atoms with Gasteiger partial charge in [0.1, 0.15) is 5.01 Å². The maximum atomic E-state index is 5.57. The zero-order valence-electron chi connectivity index (χ0n) is 10.6. The molecule has 0 aliphatic carbocycles. The largest absolute Gasteiger partial charge is 0.378 e. The molecule has 1 N–H and O–H groups in total. The van der Waals surface area contributed by atoms with Crippen molar-refractivity contribution < 1.29 is 4.74 Å². The van der Waals surface area contributed by atoms with E-state index in [9.17, 15) is 0 Å². The minimum absolute atomic E-state index is 0.468. The lowest BCUT2D eigenvalue weighted by Gasteiger charge is -2.35. The van der Waals surface area contributed by atoms with Crippen molar-refractivity contribution in [3.05, 3.63) is 16.6 Å². The molecular formula is C12H21N3OS. The van der Waals surface area contributed by atoms with Gasteiger partial charge in [0.25, 0.3) is 0 Å². The highest BCUT2D eigenvalue weighted by atomic mass is 32.1. The molecule has 0 aromatic carbocycles. The van der Waals surface area contributed by atoms with Crippen molar-refractivity contribution in [3.63, 3.8) is 0 Å². The molecule has 1 aliphatic heterocycles. The van der Waals surface area contributed by atoms with Crippen molar-refractivity contribution in [2.75, 3.05) is 26.3 Å². The van der Waals surface area contributed by atoms with Gasteiger partial charge in [-0.25, -0.2) is 4.98 Å². The summed E-state index contributed by atoms with van der Waals surface area (Å²) in [4.78, 5) is 6.83. The van der Waals surface area contributed by atoms with Crippen molar-refractivity contribution in [2.45, 2.75) is 32.5 Å². The molecular weight excluding hydrogens is 234 g/mol. The molecule has 1 atom stereocenters. The van der Waals surface area contributed by atoms with Gasteiger partial charge in [-0.15, -0.1) is 11.3 Å². The van der Waals surface area contributed by atoms with E-state index in [0.29, 0.717) is 12.1 Å².